The van der Waals surface area contributed by atoms with Crippen molar-refractivity contribution in [3.8, 4) is 11.8 Å². The van der Waals surface area contributed by atoms with Crippen LogP contribution in [-0.4, -0.2) is 31.2 Å². The van der Waals surface area contributed by atoms with Gasteiger partial charge in [-0.15, -0.1) is 0 Å². The molecule has 1 aromatic carbocycles. The highest BCUT2D eigenvalue weighted by Crippen LogP contribution is 2.30. The van der Waals surface area contributed by atoms with Gasteiger partial charge in [0.1, 0.15) is 11.5 Å². The van der Waals surface area contributed by atoms with E-state index in [1.807, 2.05) is 6.07 Å². The van der Waals surface area contributed by atoms with E-state index in [0.717, 1.165) is 0 Å². The Balaban J connectivity index is 2.53. The van der Waals surface area contributed by atoms with Crippen LogP contribution >= 0.6 is 0 Å². The lowest BCUT2D eigenvalue weighted by Crippen LogP contribution is -2.21. The summed E-state index contributed by atoms with van der Waals surface area (Å²) >= 11 is 0. The van der Waals surface area contributed by atoms with E-state index in [1.165, 1.54) is 20.4 Å². The van der Waals surface area contributed by atoms with E-state index in [4.69, 9.17) is 9.47 Å². The van der Waals surface area contributed by atoms with Crippen molar-refractivity contribution in [2.75, 3.05) is 21.3 Å². The van der Waals surface area contributed by atoms with Crippen LogP contribution in [0.4, 0.5) is 4.39 Å². The summed E-state index contributed by atoms with van der Waals surface area (Å²) in [6.45, 7) is 1.72. The Hall–Kier alpha value is -2.21. The predicted octanol–water partition coefficient (Wildman–Crippen LogP) is 2.25. The smallest absolute Gasteiger partial charge is 0.240 e. The summed E-state index contributed by atoms with van der Waals surface area (Å²) in [6, 6.07) is 4.79. The van der Waals surface area contributed by atoms with E-state index in [-0.39, 0.29) is 5.82 Å². The average molecular weight is 291 g/mol. The largest absolute Gasteiger partial charge is 0.480 e. The minimum Gasteiger partial charge on any atom is -0.480 e. The van der Waals surface area contributed by atoms with Gasteiger partial charge in [-0.05, 0) is 19.5 Å². The van der Waals surface area contributed by atoms with Crippen molar-refractivity contribution in [2.24, 2.45) is 0 Å². The van der Waals surface area contributed by atoms with Crippen LogP contribution in [-0.2, 0) is 0 Å². The second-order valence-corrected chi connectivity index (χ2v) is 4.51. The molecule has 6 heteroatoms. The quantitative estimate of drug-likeness (QED) is 0.915. The third-order valence-electron chi connectivity index (χ3n) is 3.24. The molecule has 5 nitrogen and oxygen atoms in total. The summed E-state index contributed by atoms with van der Waals surface area (Å²) < 4.78 is 24.6. The maximum absolute atomic E-state index is 14.4. The van der Waals surface area contributed by atoms with Crippen LogP contribution < -0.4 is 14.8 Å². The van der Waals surface area contributed by atoms with E-state index in [1.54, 1.807) is 26.1 Å². The van der Waals surface area contributed by atoms with Gasteiger partial charge in [0.05, 0.1) is 26.5 Å². The number of nitrogens with one attached hydrogen (secondary N) is 1. The van der Waals surface area contributed by atoms with Crippen LogP contribution in [0.15, 0.2) is 24.4 Å². The molecular formula is C15H18FN3O2. The first-order valence-electron chi connectivity index (χ1n) is 6.49. The van der Waals surface area contributed by atoms with E-state index < -0.39 is 6.04 Å². The van der Waals surface area contributed by atoms with Crippen LogP contribution in [0.1, 0.15) is 22.9 Å². The van der Waals surface area contributed by atoms with Gasteiger partial charge in [0.25, 0.3) is 0 Å². The van der Waals surface area contributed by atoms with E-state index in [2.05, 4.69) is 15.3 Å². The topological polar surface area (TPSA) is 56.3 Å². The second kappa shape index (κ2) is 6.49. The molecule has 1 N–H and O–H groups in total. The number of ether oxygens (including phenoxy) is 2. The minimum absolute atomic E-state index is 0.267. The summed E-state index contributed by atoms with van der Waals surface area (Å²) in [5.74, 6) is 0.376. The van der Waals surface area contributed by atoms with Gasteiger partial charge < -0.3 is 14.8 Å². The number of nitrogens with zero attached hydrogens (tertiary/aromatic N) is 2. The highest BCUT2D eigenvalue weighted by molar-refractivity contribution is 5.37. The monoisotopic (exact) mass is 291 g/mol. The summed E-state index contributed by atoms with van der Waals surface area (Å²) in [4.78, 5) is 8.48. The highest BCUT2D eigenvalue weighted by atomic mass is 19.1. The summed E-state index contributed by atoms with van der Waals surface area (Å²) in [6.07, 6.45) is 1.48. The van der Waals surface area contributed by atoms with Crippen LogP contribution in [0, 0.1) is 12.7 Å². The van der Waals surface area contributed by atoms with Crippen LogP contribution in [0.2, 0.25) is 0 Å². The number of aromatic nitrogens is 2. The summed E-state index contributed by atoms with van der Waals surface area (Å²) in [7, 11) is 4.73. The molecule has 21 heavy (non-hydrogen) atoms. The molecular weight excluding hydrogens is 273 g/mol. The minimum atomic E-state index is -0.460. The van der Waals surface area contributed by atoms with Gasteiger partial charge in [0, 0.05) is 5.56 Å². The third kappa shape index (κ3) is 2.95. The zero-order chi connectivity index (χ0) is 15.4. The van der Waals surface area contributed by atoms with Crippen LogP contribution in [0.3, 0.4) is 0 Å². The van der Waals surface area contributed by atoms with Crippen LogP contribution in [0.25, 0.3) is 0 Å². The molecule has 1 atom stereocenters. The van der Waals surface area contributed by atoms with Crippen molar-refractivity contribution >= 4 is 0 Å². The van der Waals surface area contributed by atoms with Gasteiger partial charge >= 0.3 is 0 Å². The standard InChI is InChI=1S/C15H18FN3O2/c1-9-6-5-7-10(12(9)16)13(17-2)14-15(21-4)19-11(20-3)8-18-14/h5-8,13,17H,1-4H3. The third-order valence-corrected chi connectivity index (χ3v) is 3.24. The second-order valence-electron chi connectivity index (χ2n) is 4.51. The van der Waals surface area contributed by atoms with Crippen molar-refractivity contribution in [1.29, 1.82) is 0 Å². The molecule has 0 aliphatic carbocycles. The maximum atomic E-state index is 14.4. The highest BCUT2D eigenvalue weighted by Gasteiger charge is 2.23. The molecule has 1 unspecified atom stereocenters. The lowest BCUT2D eigenvalue weighted by atomic mass is 10.0. The van der Waals surface area contributed by atoms with Gasteiger partial charge in [0.15, 0.2) is 0 Å². The summed E-state index contributed by atoms with van der Waals surface area (Å²) in [5.41, 5.74) is 1.58. The molecule has 0 saturated carbocycles. The van der Waals surface area contributed by atoms with Gasteiger partial charge in [-0.2, -0.15) is 4.98 Å². The van der Waals surface area contributed by atoms with Crippen molar-refractivity contribution < 1.29 is 13.9 Å². The van der Waals surface area contributed by atoms with Gasteiger partial charge in [-0.25, -0.2) is 9.37 Å². The summed E-state index contributed by atoms with van der Waals surface area (Å²) in [5, 5.41) is 3.05. The van der Waals surface area contributed by atoms with Gasteiger partial charge in [-0.3, -0.25) is 0 Å². The van der Waals surface area contributed by atoms with E-state index >= 15 is 0 Å². The van der Waals surface area contributed by atoms with Crippen molar-refractivity contribution in [3.63, 3.8) is 0 Å². The van der Waals surface area contributed by atoms with E-state index in [0.29, 0.717) is 28.6 Å². The molecule has 1 heterocycles. The number of benzene rings is 1. The zero-order valence-electron chi connectivity index (χ0n) is 12.5. The molecule has 0 aliphatic heterocycles. The molecule has 0 radical (unpaired) electrons. The fourth-order valence-electron chi connectivity index (χ4n) is 2.15. The lowest BCUT2D eigenvalue weighted by molar-refractivity contribution is 0.353. The van der Waals surface area contributed by atoms with E-state index in [9.17, 15) is 4.39 Å². The number of rotatable bonds is 5. The first kappa shape index (κ1) is 15.2. The number of hydrogen-bond acceptors (Lipinski definition) is 5. The predicted molar refractivity (Wildman–Crippen MR) is 77.2 cm³/mol. The van der Waals surface area contributed by atoms with Crippen LogP contribution in [0.5, 0.6) is 11.8 Å². The molecule has 0 spiro atoms. The molecule has 0 fully saturated rings. The number of hydrogen-bond donors (Lipinski definition) is 1. The molecule has 2 rings (SSSR count). The Bertz CT molecular complexity index is 634. The fourth-order valence-corrected chi connectivity index (χ4v) is 2.15. The molecule has 0 aliphatic rings. The van der Waals surface area contributed by atoms with Crippen molar-refractivity contribution in [2.45, 2.75) is 13.0 Å². The molecule has 112 valence electrons. The Kier molecular flexibility index (Phi) is 4.70. The van der Waals surface area contributed by atoms with Gasteiger partial charge in [-0.1, -0.05) is 18.2 Å². The molecule has 0 bridgehead atoms. The number of aryl methyl sites for hydroxylation is 1. The molecule has 0 amide bonds. The fraction of sp³-hybridized carbons (Fsp3) is 0.333. The zero-order valence-corrected chi connectivity index (χ0v) is 12.5. The Labute approximate surface area is 123 Å². The Morgan fingerprint density at radius 2 is 2.00 bits per heavy atom. The Morgan fingerprint density at radius 1 is 1.24 bits per heavy atom. The van der Waals surface area contributed by atoms with Crippen molar-refractivity contribution in [1.82, 2.24) is 15.3 Å². The average Bonchev–Trinajstić information content (AvgIpc) is 2.52. The Morgan fingerprint density at radius 3 is 2.62 bits per heavy atom. The van der Waals surface area contributed by atoms with Crippen molar-refractivity contribution in [3.05, 3.63) is 47.0 Å². The molecule has 0 saturated heterocycles. The normalized spacial score (nSPS) is 12.0. The first-order chi connectivity index (χ1) is 10.1. The molecule has 2 aromatic rings. The first-order valence-corrected chi connectivity index (χ1v) is 6.49. The maximum Gasteiger partial charge on any atom is 0.240 e. The molecule has 1 aromatic heterocycles. The SMILES string of the molecule is CNC(c1cccc(C)c1F)c1ncc(OC)nc1OC. The van der Waals surface area contributed by atoms with Gasteiger partial charge in [0.2, 0.25) is 11.8 Å². The number of methoxy groups -OCH3 is 2. The number of halogens is 1. The lowest BCUT2D eigenvalue weighted by Gasteiger charge is -2.19.